The highest BCUT2D eigenvalue weighted by Gasteiger charge is 2.17. The molecule has 4 rings (SSSR count). The van der Waals surface area contributed by atoms with E-state index < -0.39 is 0 Å². The van der Waals surface area contributed by atoms with Crippen LogP contribution in [0.25, 0.3) is 21.3 Å². The van der Waals surface area contributed by atoms with E-state index in [-0.39, 0.29) is 6.01 Å². The molecule has 0 bridgehead atoms. The maximum Gasteiger partial charge on any atom is 0.319 e. The molecule has 0 aliphatic rings. The van der Waals surface area contributed by atoms with Crippen LogP contribution in [0.2, 0.25) is 0 Å². The number of hydrogen-bond acceptors (Lipinski definition) is 10. The second-order valence-electron chi connectivity index (χ2n) is 6.03. The number of aromatic nitrogens is 4. The lowest BCUT2D eigenvalue weighted by Crippen LogP contribution is -1.99. The molecule has 0 aliphatic heterocycles. The molecule has 0 aliphatic carbocycles. The number of fused-ring (bicyclic) bond motifs is 1. The number of nitrogens with zero attached hydrogens (tertiary/aromatic N) is 4. The monoisotopic (exact) mass is 425 g/mol. The standard InChI is InChI=1S/C20H19N5O4S/c1-26-14-6-5-11(7-15(14)27-2)23-19-21-9-16-17(24-19)13(10-30-16)12-8-22-20(29-4)25-18(12)28-3/h5-10H,1-4H3,(H,21,23,24). The minimum atomic E-state index is 0.237. The first kappa shape index (κ1) is 19.6. The molecule has 9 nitrogen and oxygen atoms in total. The van der Waals surface area contributed by atoms with Crippen molar-refractivity contribution in [3.63, 3.8) is 0 Å². The second-order valence-corrected chi connectivity index (χ2v) is 6.94. The molecule has 1 aromatic carbocycles. The first-order chi connectivity index (χ1) is 14.7. The van der Waals surface area contributed by atoms with E-state index in [0.717, 1.165) is 27.0 Å². The maximum absolute atomic E-state index is 5.42. The third kappa shape index (κ3) is 3.64. The van der Waals surface area contributed by atoms with Gasteiger partial charge in [0.25, 0.3) is 0 Å². The Hall–Kier alpha value is -3.66. The molecule has 0 saturated carbocycles. The predicted octanol–water partition coefficient (Wildman–Crippen LogP) is 3.93. The lowest BCUT2D eigenvalue weighted by atomic mass is 10.1. The molecule has 0 amide bonds. The number of thiophene rings is 1. The summed E-state index contributed by atoms with van der Waals surface area (Å²) in [5.41, 5.74) is 3.12. The third-order valence-electron chi connectivity index (χ3n) is 4.35. The number of methoxy groups -OCH3 is 4. The van der Waals surface area contributed by atoms with Gasteiger partial charge < -0.3 is 24.3 Å². The van der Waals surface area contributed by atoms with Crippen LogP contribution in [0.4, 0.5) is 11.6 Å². The number of benzene rings is 1. The molecule has 0 spiro atoms. The van der Waals surface area contributed by atoms with E-state index in [1.54, 1.807) is 33.7 Å². The minimum absolute atomic E-state index is 0.237. The molecule has 10 heteroatoms. The summed E-state index contributed by atoms with van der Waals surface area (Å²) in [5, 5.41) is 5.18. The lowest BCUT2D eigenvalue weighted by Gasteiger charge is -2.11. The van der Waals surface area contributed by atoms with Crippen molar-refractivity contribution in [2.75, 3.05) is 33.8 Å². The average Bonchev–Trinajstić information content (AvgIpc) is 3.21. The third-order valence-corrected chi connectivity index (χ3v) is 5.26. The summed E-state index contributed by atoms with van der Waals surface area (Å²) < 4.78 is 22.1. The van der Waals surface area contributed by atoms with E-state index >= 15 is 0 Å². The predicted molar refractivity (Wildman–Crippen MR) is 114 cm³/mol. The van der Waals surface area contributed by atoms with E-state index in [1.165, 1.54) is 18.4 Å². The molecule has 3 aromatic heterocycles. The molecule has 0 fully saturated rings. The Labute approximate surface area is 176 Å². The highest BCUT2D eigenvalue weighted by Crippen LogP contribution is 2.37. The van der Waals surface area contributed by atoms with Crippen LogP contribution in [0, 0.1) is 0 Å². The van der Waals surface area contributed by atoms with Gasteiger partial charge in [-0.15, -0.1) is 11.3 Å². The fraction of sp³-hybridized carbons (Fsp3) is 0.200. The molecular formula is C20H19N5O4S. The minimum Gasteiger partial charge on any atom is -0.493 e. The number of nitrogens with one attached hydrogen (secondary N) is 1. The van der Waals surface area contributed by atoms with Crippen LogP contribution in [0.1, 0.15) is 0 Å². The van der Waals surface area contributed by atoms with Gasteiger partial charge in [0, 0.05) is 28.9 Å². The van der Waals surface area contributed by atoms with E-state index in [4.69, 9.17) is 23.9 Å². The van der Waals surface area contributed by atoms with Crippen LogP contribution >= 0.6 is 11.3 Å². The molecule has 1 N–H and O–H groups in total. The molecule has 0 radical (unpaired) electrons. The fourth-order valence-corrected chi connectivity index (χ4v) is 3.78. The Balaban J connectivity index is 1.72. The van der Waals surface area contributed by atoms with Crippen molar-refractivity contribution in [1.29, 1.82) is 0 Å². The summed E-state index contributed by atoms with van der Waals surface area (Å²) in [4.78, 5) is 17.6. The first-order valence-electron chi connectivity index (χ1n) is 8.85. The van der Waals surface area contributed by atoms with Crippen LogP contribution in [0.3, 0.4) is 0 Å². The summed E-state index contributed by atoms with van der Waals surface area (Å²) in [6, 6.07) is 5.74. The number of rotatable bonds is 7. The first-order valence-corrected chi connectivity index (χ1v) is 9.73. The fourth-order valence-electron chi connectivity index (χ4n) is 2.91. The quantitative estimate of drug-likeness (QED) is 0.472. The second kappa shape index (κ2) is 8.37. The van der Waals surface area contributed by atoms with Crippen LogP contribution in [-0.4, -0.2) is 48.4 Å². The summed E-state index contributed by atoms with van der Waals surface area (Å²) in [7, 11) is 6.25. The Morgan fingerprint density at radius 2 is 1.67 bits per heavy atom. The molecule has 4 aromatic rings. The SMILES string of the molecule is COc1ncc(-c2csc3cnc(Nc4ccc(OC)c(OC)c4)nc23)c(OC)n1. The summed E-state index contributed by atoms with van der Waals surface area (Å²) in [5.74, 6) is 2.11. The van der Waals surface area contributed by atoms with Gasteiger partial charge in [0.05, 0.1) is 50.4 Å². The molecule has 154 valence electrons. The molecule has 0 atom stereocenters. The average molecular weight is 425 g/mol. The van der Waals surface area contributed by atoms with Gasteiger partial charge in [0.1, 0.15) is 0 Å². The Bertz CT molecular complexity index is 1200. The van der Waals surface area contributed by atoms with Crippen molar-refractivity contribution in [3.05, 3.63) is 36.0 Å². The summed E-state index contributed by atoms with van der Waals surface area (Å²) >= 11 is 1.53. The maximum atomic E-state index is 5.42. The Morgan fingerprint density at radius 1 is 0.833 bits per heavy atom. The zero-order valence-electron chi connectivity index (χ0n) is 16.8. The molecule has 3 heterocycles. The van der Waals surface area contributed by atoms with Gasteiger partial charge in [-0.25, -0.2) is 15.0 Å². The summed E-state index contributed by atoms with van der Waals surface area (Å²) in [6.45, 7) is 0. The van der Waals surface area contributed by atoms with E-state index in [2.05, 4.69) is 20.3 Å². The molecule has 30 heavy (non-hydrogen) atoms. The lowest BCUT2D eigenvalue weighted by molar-refractivity contribution is 0.353. The molecular weight excluding hydrogens is 406 g/mol. The van der Waals surface area contributed by atoms with E-state index in [1.807, 2.05) is 23.6 Å². The van der Waals surface area contributed by atoms with Gasteiger partial charge in [-0.2, -0.15) is 4.98 Å². The van der Waals surface area contributed by atoms with Crippen molar-refractivity contribution in [3.8, 4) is 34.5 Å². The van der Waals surface area contributed by atoms with Gasteiger partial charge in [-0.1, -0.05) is 0 Å². The van der Waals surface area contributed by atoms with Crippen LogP contribution in [0.15, 0.2) is 36.0 Å². The van der Waals surface area contributed by atoms with Crippen molar-refractivity contribution in [2.24, 2.45) is 0 Å². The van der Waals surface area contributed by atoms with Gasteiger partial charge >= 0.3 is 6.01 Å². The number of ether oxygens (including phenoxy) is 4. The zero-order valence-corrected chi connectivity index (χ0v) is 17.6. The van der Waals surface area contributed by atoms with Crippen molar-refractivity contribution in [1.82, 2.24) is 19.9 Å². The van der Waals surface area contributed by atoms with Gasteiger partial charge in [-0.3, -0.25) is 0 Å². The highest BCUT2D eigenvalue weighted by molar-refractivity contribution is 7.17. The topological polar surface area (TPSA) is 101 Å². The largest absolute Gasteiger partial charge is 0.493 e. The summed E-state index contributed by atoms with van der Waals surface area (Å²) in [6.07, 6.45) is 3.44. The van der Waals surface area contributed by atoms with Crippen LogP contribution < -0.4 is 24.3 Å². The number of hydrogen-bond donors (Lipinski definition) is 1. The van der Waals surface area contributed by atoms with Crippen molar-refractivity contribution >= 4 is 33.2 Å². The smallest absolute Gasteiger partial charge is 0.319 e. The van der Waals surface area contributed by atoms with Gasteiger partial charge in [0.2, 0.25) is 11.8 Å². The van der Waals surface area contributed by atoms with E-state index in [0.29, 0.717) is 23.3 Å². The number of anilines is 2. The Morgan fingerprint density at radius 3 is 2.40 bits per heavy atom. The van der Waals surface area contributed by atoms with Crippen LogP contribution in [0.5, 0.6) is 23.4 Å². The van der Waals surface area contributed by atoms with Crippen molar-refractivity contribution in [2.45, 2.75) is 0 Å². The Kier molecular flexibility index (Phi) is 5.48. The van der Waals surface area contributed by atoms with E-state index in [9.17, 15) is 0 Å². The normalized spacial score (nSPS) is 10.7. The highest BCUT2D eigenvalue weighted by atomic mass is 32.1. The van der Waals surface area contributed by atoms with Gasteiger partial charge in [-0.05, 0) is 12.1 Å². The van der Waals surface area contributed by atoms with Crippen LogP contribution in [-0.2, 0) is 0 Å². The zero-order chi connectivity index (χ0) is 21.1. The molecule has 0 saturated heterocycles. The molecule has 0 unspecified atom stereocenters. The van der Waals surface area contributed by atoms with Crippen molar-refractivity contribution < 1.29 is 18.9 Å². The van der Waals surface area contributed by atoms with Gasteiger partial charge in [0.15, 0.2) is 11.5 Å².